The van der Waals surface area contributed by atoms with E-state index >= 15 is 0 Å². The van der Waals surface area contributed by atoms with Gasteiger partial charge in [-0.2, -0.15) is 0 Å². The van der Waals surface area contributed by atoms with Gasteiger partial charge in [-0.15, -0.1) is 10.2 Å². The number of aromatic nitrogens is 4. The predicted molar refractivity (Wildman–Crippen MR) is 69.7 cm³/mol. The van der Waals surface area contributed by atoms with Crippen LogP contribution in [0.25, 0.3) is 11.4 Å². The molecule has 7 nitrogen and oxygen atoms in total. The molecule has 0 aliphatic rings. The van der Waals surface area contributed by atoms with Crippen molar-refractivity contribution >= 4 is 10.0 Å². The second kappa shape index (κ2) is 4.71. The van der Waals surface area contributed by atoms with E-state index in [-0.39, 0.29) is 11.2 Å². The van der Waals surface area contributed by atoms with Crippen LogP contribution in [0.2, 0.25) is 0 Å². The molecule has 2 aromatic heterocycles. The first-order chi connectivity index (χ1) is 8.80. The smallest absolute Gasteiger partial charge is 0.273 e. The number of pyridine rings is 1. The fourth-order valence-electron chi connectivity index (χ4n) is 1.81. The third-order valence-corrected chi connectivity index (χ3v) is 3.36. The molecule has 0 saturated carbocycles. The molecule has 8 heteroatoms. The summed E-state index contributed by atoms with van der Waals surface area (Å²) in [6.45, 7) is 5.57. The summed E-state index contributed by atoms with van der Waals surface area (Å²) < 4.78 is 24.5. The Balaban J connectivity index is 2.69. The Morgan fingerprint density at radius 3 is 2.47 bits per heavy atom. The van der Waals surface area contributed by atoms with Crippen molar-refractivity contribution in [1.82, 2.24) is 19.7 Å². The topological polar surface area (TPSA) is 104 Å². The molecule has 0 amide bonds. The number of hydrogen-bond acceptors (Lipinski definition) is 5. The second-order valence-corrected chi connectivity index (χ2v) is 6.02. The Morgan fingerprint density at radius 2 is 1.95 bits per heavy atom. The lowest BCUT2D eigenvalue weighted by molar-refractivity contribution is 0.524. The van der Waals surface area contributed by atoms with Crippen molar-refractivity contribution in [2.45, 2.75) is 32.0 Å². The molecule has 2 heterocycles. The predicted octanol–water partition coefficient (Wildman–Crippen LogP) is 0.877. The number of hydrogen-bond donors (Lipinski definition) is 1. The van der Waals surface area contributed by atoms with Crippen LogP contribution in [0.5, 0.6) is 0 Å². The van der Waals surface area contributed by atoms with Gasteiger partial charge in [-0.25, -0.2) is 13.6 Å². The van der Waals surface area contributed by atoms with Crippen molar-refractivity contribution in [3.63, 3.8) is 0 Å². The van der Waals surface area contributed by atoms with Crippen molar-refractivity contribution in [2.24, 2.45) is 5.14 Å². The minimum atomic E-state index is -3.91. The number of aryl methyl sites for hydroxylation is 1. The Bertz CT molecular complexity index is 706. The fourth-order valence-corrected chi connectivity index (χ4v) is 2.54. The molecule has 0 unspecified atom stereocenters. The fraction of sp³-hybridized carbons (Fsp3) is 0.364. The summed E-state index contributed by atoms with van der Waals surface area (Å²) in [6, 6.07) is 1.72. The quantitative estimate of drug-likeness (QED) is 0.899. The zero-order valence-electron chi connectivity index (χ0n) is 10.9. The summed E-state index contributed by atoms with van der Waals surface area (Å²) in [5, 5.41) is 12.5. The van der Waals surface area contributed by atoms with Crippen LogP contribution in [0.15, 0.2) is 23.6 Å². The molecule has 2 N–H and O–H groups in total. The third kappa shape index (κ3) is 2.64. The highest BCUT2D eigenvalue weighted by Gasteiger charge is 2.23. The van der Waals surface area contributed by atoms with E-state index in [2.05, 4.69) is 15.2 Å². The summed E-state index contributed by atoms with van der Waals surface area (Å²) in [5.41, 5.74) is 1.66. The number of nitrogens with zero attached hydrogens (tertiary/aromatic N) is 4. The molecule has 0 aliphatic carbocycles. The molecule has 0 radical (unpaired) electrons. The van der Waals surface area contributed by atoms with Gasteiger partial charge in [0.25, 0.3) is 15.2 Å². The summed E-state index contributed by atoms with van der Waals surface area (Å²) >= 11 is 0. The molecule has 2 rings (SSSR count). The first-order valence-corrected chi connectivity index (χ1v) is 7.25. The summed E-state index contributed by atoms with van der Waals surface area (Å²) in [6.07, 6.45) is 3.32. The lowest BCUT2D eigenvalue weighted by Gasteiger charge is -2.12. The summed E-state index contributed by atoms with van der Waals surface area (Å²) in [7, 11) is -3.91. The van der Waals surface area contributed by atoms with Crippen molar-refractivity contribution in [2.75, 3.05) is 0 Å². The second-order valence-electron chi connectivity index (χ2n) is 4.57. The highest BCUT2D eigenvalue weighted by molar-refractivity contribution is 7.89. The van der Waals surface area contributed by atoms with Gasteiger partial charge in [-0.3, -0.25) is 9.55 Å². The van der Waals surface area contributed by atoms with E-state index in [1.165, 1.54) is 4.57 Å². The standard InChI is InChI=1S/C11H15N5O2S/c1-7(2)16-10(9-4-8(3)5-13-6-9)14-15-11(16)19(12,17)18/h4-7H,1-3H3,(H2,12,17,18). The van der Waals surface area contributed by atoms with Crippen LogP contribution < -0.4 is 5.14 Å². The minimum Gasteiger partial charge on any atom is -0.294 e. The molecule has 0 atom stereocenters. The van der Waals surface area contributed by atoms with Gasteiger partial charge in [0, 0.05) is 24.0 Å². The maximum absolute atomic E-state index is 11.5. The number of nitrogens with two attached hydrogens (primary N) is 1. The molecular formula is C11H15N5O2S. The van der Waals surface area contributed by atoms with Gasteiger partial charge < -0.3 is 0 Å². The third-order valence-electron chi connectivity index (χ3n) is 2.57. The lowest BCUT2D eigenvalue weighted by atomic mass is 10.2. The molecule has 0 aliphatic heterocycles. The highest BCUT2D eigenvalue weighted by atomic mass is 32.2. The molecule has 0 saturated heterocycles. The van der Waals surface area contributed by atoms with Gasteiger partial charge in [-0.1, -0.05) is 0 Å². The lowest BCUT2D eigenvalue weighted by Crippen LogP contribution is -2.20. The Labute approximate surface area is 111 Å². The minimum absolute atomic E-state index is 0.140. The normalized spacial score (nSPS) is 12.1. The van der Waals surface area contributed by atoms with E-state index in [9.17, 15) is 8.42 Å². The van der Waals surface area contributed by atoms with E-state index in [0.717, 1.165) is 5.56 Å². The monoisotopic (exact) mass is 281 g/mol. The van der Waals surface area contributed by atoms with Gasteiger partial charge in [0.1, 0.15) is 0 Å². The van der Waals surface area contributed by atoms with Gasteiger partial charge in [-0.05, 0) is 32.4 Å². The van der Waals surface area contributed by atoms with Crippen LogP contribution >= 0.6 is 0 Å². The average molecular weight is 281 g/mol. The zero-order valence-corrected chi connectivity index (χ0v) is 11.7. The molecule has 0 aromatic carbocycles. The number of sulfonamides is 1. The van der Waals surface area contributed by atoms with Crippen LogP contribution in [-0.2, 0) is 10.0 Å². The number of rotatable bonds is 3. The van der Waals surface area contributed by atoms with Crippen molar-refractivity contribution in [1.29, 1.82) is 0 Å². The number of primary sulfonamides is 1. The zero-order chi connectivity index (χ0) is 14.2. The summed E-state index contributed by atoms with van der Waals surface area (Å²) in [5.74, 6) is 0.440. The van der Waals surface area contributed by atoms with E-state index in [0.29, 0.717) is 11.4 Å². The van der Waals surface area contributed by atoms with Crippen molar-refractivity contribution in [3.05, 3.63) is 24.0 Å². The Morgan fingerprint density at radius 1 is 1.26 bits per heavy atom. The van der Waals surface area contributed by atoms with Crippen LogP contribution in [-0.4, -0.2) is 28.2 Å². The Kier molecular flexibility index (Phi) is 3.38. The molecule has 102 valence electrons. The maximum Gasteiger partial charge on any atom is 0.273 e. The van der Waals surface area contributed by atoms with Crippen LogP contribution in [0.4, 0.5) is 0 Å². The van der Waals surface area contributed by atoms with Gasteiger partial charge in [0.2, 0.25) is 0 Å². The summed E-state index contributed by atoms with van der Waals surface area (Å²) in [4.78, 5) is 4.07. The highest BCUT2D eigenvalue weighted by Crippen LogP contribution is 2.23. The van der Waals surface area contributed by atoms with E-state index in [1.807, 2.05) is 26.8 Å². The van der Waals surface area contributed by atoms with Gasteiger partial charge in [0.15, 0.2) is 5.82 Å². The molecule has 2 aromatic rings. The molecule has 19 heavy (non-hydrogen) atoms. The van der Waals surface area contributed by atoms with E-state index < -0.39 is 10.0 Å². The van der Waals surface area contributed by atoms with Crippen molar-refractivity contribution in [3.8, 4) is 11.4 Å². The molecular weight excluding hydrogens is 266 g/mol. The van der Waals surface area contributed by atoms with E-state index in [4.69, 9.17) is 5.14 Å². The van der Waals surface area contributed by atoms with Gasteiger partial charge in [0.05, 0.1) is 0 Å². The SMILES string of the molecule is Cc1cncc(-c2nnc(S(N)(=O)=O)n2C(C)C)c1. The first-order valence-electron chi connectivity index (χ1n) is 5.70. The first kappa shape index (κ1) is 13.6. The Hall–Kier alpha value is -1.80. The average Bonchev–Trinajstić information content (AvgIpc) is 2.72. The molecule has 0 fully saturated rings. The van der Waals surface area contributed by atoms with Gasteiger partial charge >= 0.3 is 0 Å². The van der Waals surface area contributed by atoms with Crippen molar-refractivity contribution < 1.29 is 8.42 Å². The maximum atomic E-state index is 11.5. The molecule has 0 bridgehead atoms. The molecule has 0 spiro atoms. The van der Waals surface area contributed by atoms with Crippen LogP contribution in [0, 0.1) is 6.92 Å². The van der Waals surface area contributed by atoms with Crippen LogP contribution in [0.3, 0.4) is 0 Å². The largest absolute Gasteiger partial charge is 0.294 e. The van der Waals surface area contributed by atoms with Crippen LogP contribution in [0.1, 0.15) is 25.5 Å². The van der Waals surface area contributed by atoms with E-state index in [1.54, 1.807) is 12.4 Å².